The number of rotatable bonds is 4. The Balaban J connectivity index is 2.62. The molecule has 0 saturated carbocycles. The van der Waals surface area contributed by atoms with Gasteiger partial charge in [0.25, 0.3) is 0 Å². The van der Waals surface area contributed by atoms with E-state index in [1.54, 1.807) is 0 Å². The normalized spacial score (nSPS) is 16.5. The molecule has 2 aromatic rings. The average Bonchev–Trinajstić information content (AvgIpc) is 2.56. The Morgan fingerprint density at radius 1 is 0.677 bits per heavy atom. The van der Waals surface area contributed by atoms with E-state index >= 15 is 0 Å². The Labute approximate surface area is 174 Å². The number of alkyl halides is 6. The minimum Gasteiger partial charge on any atom is -0.457 e. The molecule has 5 nitrogen and oxygen atoms in total. The zero-order valence-corrected chi connectivity index (χ0v) is 17.0. The number of halogens is 6. The maximum atomic E-state index is 13.3. The first kappa shape index (κ1) is 24.6. The summed E-state index contributed by atoms with van der Waals surface area (Å²) < 4.78 is 85.2. The maximum absolute atomic E-state index is 13.3. The van der Waals surface area contributed by atoms with E-state index in [4.69, 9.17) is 16.2 Å². The summed E-state index contributed by atoms with van der Waals surface area (Å²) in [6.07, 6.45) is -10.1. The highest BCUT2D eigenvalue weighted by Crippen LogP contribution is 2.45. The summed E-state index contributed by atoms with van der Waals surface area (Å²) in [4.78, 5) is 0. The maximum Gasteiger partial charge on any atom is 0.421 e. The second-order valence-electron chi connectivity index (χ2n) is 7.65. The van der Waals surface area contributed by atoms with E-state index in [9.17, 15) is 36.6 Å². The van der Waals surface area contributed by atoms with E-state index in [1.165, 1.54) is 13.8 Å². The molecule has 2 aromatic carbocycles. The van der Waals surface area contributed by atoms with Crippen molar-refractivity contribution in [3.8, 4) is 11.5 Å². The average molecular weight is 452 g/mol. The second kappa shape index (κ2) is 7.49. The lowest BCUT2D eigenvalue weighted by atomic mass is 9.91. The van der Waals surface area contributed by atoms with Crippen molar-refractivity contribution >= 4 is 11.4 Å². The fraction of sp³-hybridized carbons (Fsp3) is 0.400. The van der Waals surface area contributed by atoms with Gasteiger partial charge in [-0.05, 0) is 63.1 Å². The highest BCUT2D eigenvalue weighted by Gasteiger charge is 2.53. The predicted octanol–water partition coefficient (Wildman–Crippen LogP) is 4.80. The van der Waals surface area contributed by atoms with E-state index < -0.39 is 34.7 Å². The van der Waals surface area contributed by atoms with Crippen molar-refractivity contribution in [2.75, 3.05) is 11.5 Å². The van der Waals surface area contributed by atoms with Gasteiger partial charge in [0.2, 0.25) is 0 Å². The van der Waals surface area contributed by atoms with E-state index in [-0.39, 0.29) is 34.0 Å². The minimum atomic E-state index is -5.05. The van der Waals surface area contributed by atoms with Crippen LogP contribution in [0.3, 0.4) is 0 Å². The molecular weight excluding hydrogens is 430 g/mol. The molecule has 0 aliphatic heterocycles. The highest BCUT2D eigenvalue weighted by molar-refractivity contribution is 5.60. The number of hydrogen-bond acceptors (Lipinski definition) is 5. The molecule has 0 bridgehead atoms. The zero-order chi connectivity index (χ0) is 24.2. The van der Waals surface area contributed by atoms with E-state index in [2.05, 4.69) is 0 Å². The third-order valence-corrected chi connectivity index (χ3v) is 5.07. The molecule has 0 spiro atoms. The molecule has 0 heterocycles. The van der Waals surface area contributed by atoms with Gasteiger partial charge in [-0.25, -0.2) is 0 Å². The van der Waals surface area contributed by atoms with Crippen LogP contribution in [0.25, 0.3) is 0 Å². The first-order chi connectivity index (χ1) is 13.8. The van der Waals surface area contributed by atoms with E-state index in [0.29, 0.717) is 13.8 Å². The van der Waals surface area contributed by atoms with Crippen LogP contribution in [-0.4, -0.2) is 22.6 Å². The van der Waals surface area contributed by atoms with Gasteiger partial charge in [-0.1, -0.05) is 0 Å². The molecule has 0 aliphatic carbocycles. The first-order valence-corrected chi connectivity index (χ1v) is 8.88. The molecule has 0 radical (unpaired) electrons. The number of aliphatic hydroxyl groups is 2. The van der Waals surface area contributed by atoms with Crippen molar-refractivity contribution in [3.63, 3.8) is 0 Å². The highest BCUT2D eigenvalue weighted by atomic mass is 19.4. The monoisotopic (exact) mass is 452 g/mol. The van der Waals surface area contributed by atoms with Crippen LogP contribution in [0, 0.1) is 13.8 Å². The lowest BCUT2D eigenvalue weighted by molar-refractivity contribution is -0.258. The van der Waals surface area contributed by atoms with Crippen molar-refractivity contribution < 1.29 is 41.3 Å². The molecule has 0 saturated heterocycles. The molecular formula is C20H22F6N2O3. The van der Waals surface area contributed by atoms with Crippen LogP contribution in [0.2, 0.25) is 0 Å². The molecule has 11 heteroatoms. The minimum absolute atomic E-state index is 0.181. The molecule has 0 amide bonds. The summed E-state index contributed by atoms with van der Waals surface area (Å²) in [6, 6.07) is 4.03. The summed E-state index contributed by atoms with van der Waals surface area (Å²) >= 11 is 0. The Bertz CT molecular complexity index is 918. The fourth-order valence-electron chi connectivity index (χ4n) is 2.91. The van der Waals surface area contributed by atoms with Crippen molar-refractivity contribution in [2.24, 2.45) is 0 Å². The lowest BCUT2D eigenvalue weighted by Crippen LogP contribution is -2.40. The van der Waals surface area contributed by atoms with Crippen LogP contribution in [0.5, 0.6) is 11.5 Å². The van der Waals surface area contributed by atoms with E-state index in [1.807, 2.05) is 0 Å². The summed E-state index contributed by atoms with van der Waals surface area (Å²) in [5.41, 5.74) is 3.18. The SMILES string of the molecule is Cc1cc(N)c(C(C)(O)C(F)(F)F)cc1Oc1cc(C(C)(O)C(F)(F)F)c(N)cc1C. The van der Waals surface area contributed by atoms with Crippen LogP contribution >= 0.6 is 0 Å². The fourth-order valence-corrected chi connectivity index (χ4v) is 2.91. The summed E-state index contributed by atoms with van der Waals surface area (Å²) in [6.45, 7) is 3.95. The van der Waals surface area contributed by atoms with Crippen LogP contribution < -0.4 is 16.2 Å². The van der Waals surface area contributed by atoms with Gasteiger partial charge in [-0.2, -0.15) is 26.3 Å². The molecule has 0 aliphatic rings. The van der Waals surface area contributed by atoms with Crippen molar-refractivity contribution in [2.45, 2.75) is 51.2 Å². The number of nitrogen functional groups attached to an aromatic ring is 2. The Morgan fingerprint density at radius 3 is 1.23 bits per heavy atom. The molecule has 2 unspecified atom stereocenters. The molecule has 31 heavy (non-hydrogen) atoms. The second-order valence-corrected chi connectivity index (χ2v) is 7.65. The van der Waals surface area contributed by atoms with Crippen LogP contribution in [0.4, 0.5) is 37.7 Å². The van der Waals surface area contributed by atoms with Crippen molar-refractivity contribution in [1.82, 2.24) is 0 Å². The number of nitrogens with two attached hydrogens (primary N) is 2. The van der Waals surface area contributed by atoms with Gasteiger partial charge in [-0.15, -0.1) is 0 Å². The van der Waals surface area contributed by atoms with Crippen LogP contribution in [-0.2, 0) is 11.2 Å². The molecule has 0 fully saturated rings. The zero-order valence-electron chi connectivity index (χ0n) is 17.0. The molecule has 0 aromatic heterocycles. The number of benzene rings is 2. The molecule has 172 valence electrons. The number of ether oxygens (including phenoxy) is 1. The topological polar surface area (TPSA) is 102 Å². The van der Waals surface area contributed by atoms with Gasteiger partial charge in [0.05, 0.1) is 0 Å². The Kier molecular flexibility index (Phi) is 5.94. The third kappa shape index (κ3) is 4.38. The predicted molar refractivity (Wildman–Crippen MR) is 103 cm³/mol. The van der Waals surface area contributed by atoms with Crippen molar-refractivity contribution in [1.29, 1.82) is 0 Å². The quantitative estimate of drug-likeness (QED) is 0.394. The Morgan fingerprint density at radius 2 is 0.968 bits per heavy atom. The van der Waals surface area contributed by atoms with Gasteiger partial charge >= 0.3 is 12.4 Å². The van der Waals surface area contributed by atoms with Crippen LogP contribution in [0.15, 0.2) is 24.3 Å². The largest absolute Gasteiger partial charge is 0.457 e. The standard InChI is InChI=1S/C20H22F6N2O3/c1-9-5-13(27)11(17(3,29)19(21,22)23)7-15(9)31-16-8-12(14(28)6-10(16)2)18(4,30)20(24,25)26/h5-8,29-30H,27-28H2,1-4H3. The number of aryl methyl sites for hydroxylation is 2. The van der Waals surface area contributed by atoms with Crippen molar-refractivity contribution in [3.05, 3.63) is 46.5 Å². The van der Waals surface area contributed by atoms with Gasteiger partial charge < -0.3 is 26.4 Å². The smallest absolute Gasteiger partial charge is 0.421 e. The Hall–Kier alpha value is -2.66. The molecule has 6 N–H and O–H groups in total. The van der Waals surface area contributed by atoms with Gasteiger partial charge in [0.15, 0.2) is 11.2 Å². The van der Waals surface area contributed by atoms with Crippen LogP contribution in [0.1, 0.15) is 36.1 Å². The van der Waals surface area contributed by atoms with Gasteiger partial charge in [0, 0.05) is 22.5 Å². The van der Waals surface area contributed by atoms with E-state index in [0.717, 1.165) is 24.3 Å². The van der Waals surface area contributed by atoms with Gasteiger partial charge in [0.1, 0.15) is 11.5 Å². The number of anilines is 2. The summed E-state index contributed by atoms with van der Waals surface area (Å²) in [7, 11) is 0. The summed E-state index contributed by atoms with van der Waals surface area (Å²) in [5, 5.41) is 20.0. The lowest BCUT2D eigenvalue weighted by Gasteiger charge is -2.29. The first-order valence-electron chi connectivity index (χ1n) is 8.88. The number of hydrogen-bond donors (Lipinski definition) is 4. The van der Waals surface area contributed by atoms with Gasteiger partial charge in [-0.3, -0.25) is 0 Å². The third-order valence-electron chi connectivity index (χ3n) is 5.07. The molecule has 2 atom stereocenters. The summed E-state index contributed by atoms with van der Waals surface area (Å²) in [5.74, 6) is -0.363. The molecule has 2 rings (SSSR count).